The second-order valence-electron chi connectivity index (χ2n) is 8.77. The molecule has 0 radical (unpaired) electrons. The van der Waals surface area contributed by atoms with Gasteiger partial charge in [0.25, 0.3) is 0 Å². The molecule has 0 bridgehead atoms. The van der Waals surface area contributed by atoms with Crippen molar-refractivity contribution in [2.24, 2.45) is 10.8 Å². The third-order valence-corrected chi connectivity index (χ3v) is 4.19. The van der Waals surface area contributed by atoms with Crippen LogP contribution in [0, 0.1) is 10.8 Å². The van der Waals surface area contributed by atoms with Crippen molar-refractivity contribution < 1.29 is 4.39 Å². The monoisotopic (exact) mass is 286 g/mol. The normalized spacial score (nSPS) is 23.2. The predicted molar refractivity (Wildman–Crippen MR) is 85.9 cm³/mol. The molecule has 1 aliphatic heterocycles. The smallest absolute Gasteiger partial charge is 0.106 e. The summed E-state index contributed by atoms with van der Waals surface area (Å²) in [7, 11) is 0. The molecule has 1 atom stereocenters. The van der Waals surface area contributed by atoms with Crippen LogP contribution in [0.25, 0.3) is 0 Å². The molecule has 0 aliphatic carbocycles. The Hall–Kier alpha value is -0.150. The quantitative estimate of drug-likeness (QED) is 0.758. The number of halogens is 1. The molecular weight excluding hydrogens is 251 g/mol. The largest absolute Gasteiger partial charge is 0.300 e. The fourth-order valence-corrected chi connectivity index (χ4v) is 2.57. The lowest BCUT2D eigenvalue weighted by molar-refractivity contribution is 0.0476. The molecule has 0 aromatic rings. The predicted octanol–water partition coefficient (Wildman–Crippen LogP) is 3.81. The standard InChI is InChI=1S/C17H35FN2/c1-16(2,3)7-9-19-11-12-20(15(13-18)14-19)10-8-17(4,5)6/h15H,7-14H2,1-6H3. The summed E-state index contributed by atoms with van der Waals surface area (Å²) < 4.78 is 13.3. The van der Waals surface area contributed by atoms with Gasteiger partial charge >= 0.3 is 0 Å². The lowest BCUT2D eigenvalue weighted by atomic mass is 9.91. The van der Waals surface area contributed by atoms with Crippen molar-refractivity contribution in [1.29, 1.82) is 0 Å². The molecule has 0 saturated carbocycles. The van der Waals surface area contributed by atoms with E-state index < -0.39 is 0 Å². The lowest BCUT2D eigenvalue weighted by Gasteiger charge is -2.42. The summed E-state index contributed by atoms with van der Waals surface area (Å²) in [6, 6.07) is 0.103. The first-order valence-electron chi connectivity index (χ1n) is 8.13. The number of hydrogen-bond acceptors (Lipinski definition) is 2. The van der Waals surface area contributed by atoms with Crippen molar-refractivity contribution in [2.75, 3.05) is 39.4 Å². The Morgan fingerprint density at radius 2 is 1.45 bits per heavy atom. The van der Waals surface area contributed by atoms with Crippen LogP contribution in [0.5, 0.6) is 0 Å². The minimum atomic E-state index is -0.212. The molecule has 1 heterocycles. The van der Waals surface area contributed by atoms with Gasteiger partial charge in [0, 0.05) is 19.6 Å². The van der Waals surface area contributed by atoms with Crippen molar-refractivity contribution in [3.63, 3.8) is 0 Å². The third-order valence-electron chi connectivity index (χ3n) is 4.19. The zero-order valence-corrected chi connectivity index (χ0v) is 14.5. The van der Waals surface area contributed by atoms with Crippen LogP contribution in [0.4, 0.5) is 4.39 Å². The van der Waals surface area contributed by atoms with Crippen LogP contribution < -0.4 is 0 Å². The van der Waals surface area contributed by atoms with Crippen LogP contribution in [-0.2, 0) is 0 Å². The summed E-state index contributed by atoms with van der Waals surface area (Å²) in [4.78, 5) is 4.81. The zero-order valence-electron chi connectivity index (χ0n) is 14.5. The van der Waals surface area contributed by atoms with Gasteiger partial charge in [-0.2, -0.15) is 0 Å². The fourth-order valence-electron chi connectivity index (χ4n) is 2.57. The molecule has 0 amide bonds. The first-order valence-corrected chi connectivity index (χ1v) is 8.13. The van der Waals surface area contributed by atoms with Gasteiger partial charge in [-0.25, -0.2) is 4.39 Å². The van der Waals surface area contributed by atoms with Crippen LogP contribution in [0.2, 0.25) is 0 Å². The van der Waals surface area contributed by atoms with Crippen LogP contribution in [0.3, 0.4) is 0 Å². The number of rotatable bonds is 5. The van der Waals surface area contributed by atoms with Crippen LogP contribution >= 0.6 is 0 Å². The molecule has 3 heteroatoms. The van der Waals surface area contributed by atoms with E-state index in [1.807, 2.05) is 0 Å². The van der Waals surface area contributed by atoms with Gasteiger partial charge in [-0.3, -0.25) is 4.90 Å². The Morgan fingerprint density at radius 3 is 1.95 bits per heavy atom. The fraction of sp³-hybridized carbons (Fsp3) is 1.00. The molecule has 20 heavy (non-hydrogen) atoms. The highest BCUT2D eigenvalue weighted by Gasteiger charge is 2.28. The van der Waals surface area contributed by atoms with E-state index in [0.29, 0.717) is 10.8 Å². The molecular formula is C17H35FN2. The molecule has 1 rings (SSSR count). The first kappa shape index (κ1) is 17.9. The van der Waals surface area contributed by atoms with Crippen molar-refractivity contribution in [3.05, 3.63) is 0 Å². The van der Waals surface area contributed by atoms with Crippen molar-refractivity contribution in [2.45, 2.75) is 60.4 Å². The Balaban J connectivity index is 2.41. The molecule has 120 valence electrons. The Kier molecular flexibility index (Phi) is 6.46. The number of piperazine rings is 1. The van der Waals surface area contributed by atoms with E-state index in [-0.39, 0.29) is 12.7 Å². The Labute approximate surface area is 125 Å². The summed E-state index contributed by atoms with van der Waals surface area (Å²) in [5, 5.41) is 0. The van der Waals surface area contributed by atoms with E-state index in [1.54, 1.807) is 0 Å². The van der Waals surface area contributed by atoms with E-state index in [1.165, 1.54) is 6.42 Å². The van der Waals surface area contributed by atoms with Gasteiger partial charge in [-0.15, -0.1) is 0 Å². The van der Waals surface area contributed by atoms with E-state index >= 15 is 0 Å². The Morgan fingerprint density at radius 1 is 0.900 bits per heavy atom. The molecule has 0 spiro atoms. The number of alkyl halides is 1. The summed E-state index contributed by atoms with van der Waals surface area (Å²) in [6.07, 6.45) is 2.33. The topological polar surface area (TPSA) is 6.48 Å². The minimum Gasteiger partial charge on any atom is -0.300 e. The average Bonchev–Trinajstić information content (AvgIpc) is 2.32. The molecule has 1 fully saturated rings. The SMILES string of the molecule is CC(C)(C)CCN1CCN(CCC(C)(C)C)C(CF)C1. The van der Waals surface area contributed by atoms with Gasteiger partial charge in [0.05, 0.1) is 6.04 Å². The molecule has 0 N–H and O–H groups in total. The van der Waals surface area contributed by atoms with Crippen molar-refractivity contribution >= 4 is 0 Å². The Bertz CT molecular complexity index is 278. The van der Waals surface area contributed by atoms with E-state index in [2.05, 4.69) is 51.3 Å². The van der Waals surface area contributed by atoms with Gasteiger partial charge in [-0.1, -0.05) is 41.5 Å². The highest BCUT2D eigenvalue weighted by molar-refractivity contribution is 4.83. The average molecular weight is 286 g/mol. The van der Waals surface area contributed by atoms with Crippen LogP contribution in [0.1, 0.15) is 54.4 Å². The second-order valence-corrected chi connectivity index (χ2v) is 8.77. The molecule has 0 aromatic heterocycles. The van der Waals surface area contributed by atoms with Crippen LogP contribution in [-0.4, -0.2) is 55.2 Å². The van der Waals surface area contributed by atoms with Gasteiger partial charge < -0.3 is 4.90 Å². The van der Waals surface area contributed by atoms with Crippen molar-refractivity contribution in [3.8, 4) is 0 Å². The highest BCUT2D eigenvalue weighted by Crippen LogP contribution is 2.23. The van der Waals surface area contributed by atoms with E-state index in [0.717, 1.165) is 39.1 Å². The maximum Gasteiger partial charge on any atom is 0.106 e. The maximum absolute atomic E-state index is 13.3. The summed E-state index contributed by atoms with van der Waals surface area (Å²) in [5.41, 5.74) is 0.707. The number of hydrogen-bond donors (Lipinski definition) is 0. The van der Waals surface area contributed by atoms with Crippen molar-refractivity contribution in [1.82, 2.24) is 9.80 Å². The van der Waals surface area contributed by atoms with Gasteiger partial charge in [0.15, 0.2) is 0 Å². The zero-order chi connectivity index (χ0) is 15.4. The van der Waals surface area contributed by atoms with E-state index in [9.17, 15) is 4.39 Å². The van der Waals surface area contributed by atoms with Gasteiger partial charge in [0.1, 0.15) is 6.67 Å². The van der Waals surface area contributed by atoms with Gasteiger partial charge in [0.2, 0.25) is 0 Å². The highest BCUT2D eigenvalue weighted by atomic mass is 19.1. The maximum atomic E-state index is 13.3. The van der Waals surface area contributed by atoms with Gasteiger partial charge in [-0.05, 0) is 36.8 Å². The molecule has 1 saturated heterocycles. The summed E-state index contributed by atoms with van der Waals surface area (Å²) >= 11 is 0. The third kappa shape index (κ3) is 7.03. The van der Waals surface area contributed by atoms with Crippen LogP contribution in [0.15, 0.2) is 0 Å². The molecule has 0 aromatic carbocycles. The summed E-state index contributed by atoms with van der Waals surface area (Å²) in [5.74, 6) is 0. The summed E-state index contributed by atoms with van der Waals surface area (Å²) in [6.45, 7) is 18.6. The number of nitrogens with zero attached hydrogens (tertiary/aromatic N) is 2. The molecule has 2 nitrogen and oxygen atoms in total. The van der Waals surface area contributed by atoms with E-state index in [4.69, 9.17) is 0 Å². The second kappa shape index (κ2) is 7.22. The molecule has 1 unspecified atom stereocenters. The lowest BCUT2D eigenvalue weighted by Crippen LogP contribution is -2.54. The first-order chi connectivity index (χ1) is 9.11. The minimum absolute atomic E-state index is 0.103. The molecule has 1 aliphatic rings.